The second-order valence-electron chi connectivity index (χ2n) is 9.27. The number of aryl methyl sites for hydroxylation is 2. The lowest BCUT2D eigenvalue weighted by molar-refractivity contribution is 0.0955. The van der Waals surface area contributed by atoms with E-state index >= 15 is 0 Å². The molecule has 0 unspecified atom stereocenters. The molecule has 0 saturated heterocycles. The Morgan fingerprint density at radius 1 is 0.721 bits per heavy atom. The van der Waals surface area contributed by atoms with Gasteiger partial charge in [-0.15, -0.1) is 10.2 Å². The normalized spacial score (nSPS) is 12.1. The smallest absolute Gasteiger partial charge is 0.330 e. The predicted molar refractivity (Wildman–Crippen MR) is 161 cm³/mol. The maximum Gasteiger partial charge on any atom is 0.330 e. The minimum absolute atomic E-state index is 0.253. The van der Waals surface area contributed by atoms with Crippen LogP contribution in [0.15, 0.2) is 24.5 Å². The first kappa shape index (κ1) is 34.7. The summed E-state index contributed by atoms with van der Waals surface area (Å²) in [6.07, 6.45) is 4.95. The number of rotatable bonds is 20. The number of nitrogens with one attached hydrogen (secondary N) is 1. The molecule has 1 amide bonds. The number of hydrogen-bond donors (Lipinski definition) is 1. The maximum atomic E-state index is 12.8. The molecule has 0 atom stereocenters. The molecule has 0 fully saturated rings. The largest absolute Gasteiger partial charge is 0.352 e. The number of hydrogen-bond acceptors (Lipinski definition) is 12. The molecule has 3 heterocycles. The van der Waals surface area contributed by atoms with Gasteiger partial charge in [0.25, 0.3) is 5.91 Å². The molecule has 0 aromatic carbocycles. The van der Waals surface area contributed by atoms with E-state index in [0.717, 1.165) is 0 Å². The summed E-state index contributed by atoms with van der Waals surface area (Å²) in [6, 6.07) is 3.29. The van der Waals surface area contributed by atoms with Gasteiger partial charge in [-0.2, -0.15) is 0 Å². The quantitative estimate of drug-likeness (QED) is 0.169. The number of pyridine rings is 1. The Morgan fingerprint density at radius 2 is 1.14 bits per heavy atom. The van der Waals surface area contributed by atoms with Gasteiger partial charge < -0.3 is 23.4 Å². The summed E-state index contributed by atoms with van der Waals surface area (Å²) in [6.45, 7) is 11.5. The first-order valence-corrected chi connectivity index (χ1v) is 18.0. The molecule has 0 radical (unpaired) electrons. The minimum atomic E-state index is -3.15. The molecule has 43 heavy (non-hydrogen) atoms. The second kappa shape index (κ2) is 16.9. The Labute approximate surface area is 252 Å². The molecule has 17 heteroatoms. The van der Waals surface area contributed by atoms with Crippen LogP contribution in [0.25, 0.3) is 22.8 Å². The fourth-order valence-electron chi connectivity index (χ4n) is 4.21. The number of nitrogens with zero attached hydrogens (tertiary/aromatic N) is 7. The molecule has 1 N–H and O–H groups in total. The highest BCUT2D eigenvalue weighted by Crippen LogP contribution is 2.49. The number of carbonyl (C=O) groups is 1. The van der Waals surface area contributed by atoms with Gasteiger partial charge in [-0.3, -0.25) is 23.3 Å². The SMILES string of the molecule is CCNC(=O)c1cc(-c2cn(CCCP(=O)(OCC)OCC)nn2)nc(-c2cn(CCCP(=O)(OCC)OCC)nn2)c1. The monoisotopic (exact) mass is 640 g/mol. The Balaban J connectivity index is 1.77. The highest BCUT2D eigenvalue weighted by atomic mass is 31.2. The van der Waals surface area contributed by atoms with Gasteiger partial charge in [-0.1, -0.05) is 10.4 Å². The Bertz CT molecular complexity index is 1300. The molecule has 0 aliphatic heterocycles. The first-order chi connectivity index (χ1) is 20.7. The Kier molecular flexibility index (Phi) is 13.6. The molecule has 0 aliphatic rings. The summed E-state index contributed by atoms with van der Waals surface area (Å²) < 4.78 is 50.1. The van der Waals surface area contributed by atoms with Crippen molar-refractivity contribution in [2.24, 2.45) is 0 Å². The van der Waals surface area contributed by atoms with Crippen LogP contribution in [-0.4, -0.2) is 86.2 Å². The molecule has 0 saturated carbocycles. The van der Waals surface area contributed by atoms with Crippen LogP contribution in [0.1, 0.15) is 57.8 Å². The zero-order chi connectivity index (χ0) is 31.3. The topological polar surface area (TPSA) is 174 Å². The van der Waals surface area contributed by atoms with Gasteiger partial charge in [0.05, 0.1) is 62.5 Å². The number of amides is 1. The summed E-state index contributed by atoms with van der Waals surface area (Å²) in [5.41, 5.74) is 2.17. The average molecular weight is 641 g/mol. The van der Waals surface area contributed by atoms with Crippen LogP contribution in [0.5, 0.6) is 0 Å². The molecule has 3 rings (SSSR count). The predicted octanol–water partition coefficient (Wildman–Crippen LogP) is 4.66. The van der Waals surface area contributed by atoms with E-state index < -0.39 is 15.2 Å². The van der Waals surface area contributed by atoms with Crippen LogP contribution >= 0.6 is 15.2 Å². The maximum absolute atomic E-state index is 12.8. The third-order valence-electron chi connectivity index (χ3n) is 5.97. The third-order valence-corrected chi connectivity index (χ3v) is 10.3. The van der Waals surface area contributed by atoms with Crippen molar-refractivity contribution in [1.29, 1.82) is 0 Å². The fraction of sp³-hybridized carbons (Fsp3) is 0.615. The average Bonchev–Trinajstić information content (AvgIpc) is 3.64. The zero-order valence-electron chi connectivity index (χ0n) is 25.5. The van der Waals surface area contributed by atoms with Crippen LogP contribution in [0, 0.1) is 0 Å². The van der Waals surface area contributed by atoms with E-state index in [0.29, 0.717) is 87.2 Å². The standard InChI is InChI=1S/C26H42N8O7P2/c1-6-27-26(35)21-17-22(24-19-33(31-29-24)13-11-15-42(36,38-7-2)39-8-3)28-23(18-21)25-20-34(32-30-25)14-12-16-43(37,40-9-4)41-10-5/h17-20H,6-16H2,1-5H3,(H,27,35). The van der Waals surface area contributed by atoms with Crippen LogP contribution in [0.2, 0.25) is 0 Å². The first-order valence-electron chi connectivity index (χ1n) is 14.6. The van der Waals surface area contributed by atoms with Gasteiger partial charge in [0.2, 0.25) is 0 Å². The lowest BCUT2D eigenvalue weighted by Gasteiger charge is -2.16. The summed E-state index contributed by atoms with van der Waals surface area (Å²) >= 11 is 0. The van der Waals surface area contributed by atoms with Crippen molar-refractivity contribution in [3.8, 4) is 22.8 Å². The second-order valence-corrected chi connectivity index (χ2v) is 13.6. The molecule has 15 nitrogen and oxygen atoms in total. The van der Waals surface area contributed by atoms with Crippen LogP contribution in [0.4, 0.5) is 0 Å². The highest BCUT2D eigenvalue weighted by molar-refractivity contribution is 7.54. The van der Waals surface area contributed by atoms with Crippen molar-refractivity contribution >= 4 is 21.1 Å². The minimum Gasteiger partial charge on any atom is -0.352 e. The van der Waals surface area contributed by atoms with Crippen molar-refractivity contribution < 1.29 is 32.0 Å². The van der Waals surface area contributed by atoms with E-state index in [1.54, 1.807) is 61.6 Å². The van der Waals surface area contributed by atoms with Crippen molar-refractivity contribution in [1.82, 2.24) is 40.3 Å². The molecule has 3 aromatic rings. The van der Waals surface area contributed by atoms with Gasteiger partial charge in [-0.25, -0.2) is 4.98 Å². The summed E-state index contributed by atoms with van der Waals surface area (Å²) in [7, 11) is -6.30. The summed E-state index contributed by atoms with van der Waals surface area (Å²) in [5.74, 6) is -0.266. The van der Waals surface area contributed by atoms with E-state index in [1.165, 1.54) is 0 Å². The lowest BCUT2D eigenvalue weighted by Crippen LogP contribution is -2.22. The fourth-order valence-corrected chi connectivity index (χ4v) is 7.51. The Morgan fingerprint density at radius 3 is 1.51 bits per heavy atom. The van der Waals surface area contributed by atoms with E-state index in [2.05, 4.69) is 25.9 Å². The van der Waals surface area contributed by atoms with E-state index in [4.69, 9.17) is 23.1 Å². The molecule has 3 aromatic heterocycles. The molecule has 0 aliphatic carbocycles. The van der Waals surface area contributed by atoms with Gasteiger partial charge in [0, 0.05) is 25.2 Å². The van der Waals surface area contributed by atoms with Crippen LogP contribution in [-0.2, 0) is 40.3 Å². The molecule has 0 spiro atoms. The van der Waals surface area contributed by atoms with Gasteiger partial charge >= 0.3 is 15.2 Å². The number of carbonyl (C=O) groups excluding carboxylic acids is 1. The summed E-state index contributed by atoms with van der Waals surface area (Å²) in [4.78, 5) is 17.5. The summed E-state index contributed by atoms with van der Waals surface area (Å²) in [5, 5.41) is 19.7. The third kappa shape index (κ3) is 10.4. The lowest BCUT2D eigenvalue weighted by atomic mass is 10.1. The highest BCUT2D eigenvalue weighted by Gasteiger charge is 2.24. The molecular formula is C26H42N8O7P2. The van der Waals surface area contributed by atoms with Crippen LogP contribution < -0.4 is 5.32 Å². The van der Waals surface area contributed by atoms with Crippen LogP contribution in [0.3, 0.4) is 0 Å². The van der Waals surface area contributed by atoms with Crippen molar-refractivity contribution in [2.45, 2.75) is 60.5 Å². The molecular weight excluding hydrogens is 598 g/mol. The van der Waals surface area contributed by atoms with E-state index in [9.17, 15) is 13.9 Å². The van der Waals surface area contributed by atoms with Crippen molar-refractivity contribution in [2.75, 3.05) is 45.3 Å². The molecule has 238 valence electrons. The van der Waals surface area contributed by atoms with Crippen molar-refractivity contribution in [3.63, 3.8) is 0 Å². The molecule has 0 bridgehead atoms. The zero-order valence-corrected chi connectivity index (χ0v) is 27.3. The van der Waals surface area contributed by atoms with Crippen molar-refractivity contribution in [3.05, 3.63) is 30.1 Å². The van der Waals surface area contributed by atoms with Gasteiger partial charge in [-0.05, 0) is 59.6 Å². The van der Waals surface area contributed by atoms with E-state index in [-0.39, 0.29) is 18.2 Å². The van der Waals surface area contributed by atoms with Gasteiger partial charge in [0.1, 0.15) is 11.4 Å². The number of aromatic nitrogens is 7. The Hall–Kier alpha value is -2.80. The van der Waals surface area contributed by atoms with E-state index in [1.807, 2.05) is 6.92 Å². The van der Waals surface area contributed by atoms with Gasteiger partial charge in [0.15, 0.2) is 0 Å².